The highest BCUT2D eigenvalue weighted by molar-refractivity contribution is 7.89. The van der Waals surface area contributed by atoms with Gasteiger partial charge in [0.25, 0.3) is 0 Å². The van der Waals surface area contributed by atoms with E-state index < -0.39 is 16.1 Å². The zero-order chi connectivity index (χ0) is 13.2. The van der Waals surface area contributed by atoms with E-state index in [9.17, 15) is 13.2 Å². The summed E-state index contributed by atoms with van der Waals surface area (Å²) < 4.78 is 26.5. The minimum Gasteiger partial charge on any atom is -0.292 e. The third-order valence-electron chi connectivity index (χ3n) is 3.15. The number of benzene rings is 1. The Balaban J connectivity index is 2.28. The molecular weight excluding hydrogens is 250 g/mol. The molecule has 18 heavy (non-hydrogen) atoms. The van der Waals surface area contributed by atoms with Crippen molar-refractivity contribution in [1.82, 2.24) is 4.72 Å². The highest BCUT2D eigenvalue weighted by Gasteiger charge is 2.35. The number of Topliss-reactive ketones (excluding diaryl/α,β-unsaturated/α-hetero) is 1. The molecule has 1 unspecified atom stereocenters. The predicted octanol–water partition coefficient (Wildman–Crippen LogP) is 2.11. The van der Waals surface area contributed by atoms with E-state index in [0.717, 1.165) is 19.3 Å². The average Bonchev–Trinajstić information content (AvgIpc) is 2.36. The number of nitrogens with one attached hydrogen (secondary N) is 1. The predicted molar refractivity (Wildman–Crippen MR) is 69.0 cm³/mol. The van der Waals surface area contributed by atoms with Gasteiger partial charge < -0.3 is 0 Å². The minimum absolute atomic E-state index is 0.0988. The van der Waals surface area contributed by atoms with Crippen molar-refractivity contribution in [1.29, 1.82) is 0 Å². The minimum atomic E-state index is -3.53. The smallest absolute Gasteiger partial charge is 0.241 e. The molecule has 98 valence electrons. The van der Waals surface area contributed by atoms with Crippen molar-refractivity contribution in [2.75, 3.05) is 0 Å². The standard InChI is InChI=1S/C13H17NO3S/c1-2-3-4-8-11-13(15)10-7-5-6-9-12(10)18(16,17)14-11/h5-7,9,11,14H,2-4,8H2,1H3. The molecule has 1 N–H and O–H groups in total. The molecule has 1 aromatic rings. The van der Waals surface area contributed by atoms with Crippen LogP contribution in [0.3, 0.4) is 0 Å². The van der Waals surface area contributed by atoms with Gasteiger partial charge in [-0.3, -0.25) is 4.79 Å². The number of hydrogen-bond donors (Lipinski definition) is 1. The molecule has 4 nitrogen and oxygen atoms in total. The van der Waals surface area contributed by atoms with Gasteiger partial charge in [-0.15, -0.1) is 0 Å². The zero-order valence-corrected chi connectivity index (χ0v) is 11.2. The first kappa shape index (κ1) is 13.2. The van der Waals surface area contributed by atoms with Crippen LogP contribution in [0.2, 0.25) is 0 Å². The second kappa shape index (κ2) is 5.20. The van der Waals surface area contributed by atoms with E-state index in [0.29, 0.717) is 12.0 Å². The quantitative estimate of drug-likeness (QED) is 0.850. The van der Waals surface area contributed by atoms with Crippen LogP contribution in [0.4, 0.5) is 0 Å². The fourth-order valence-electron chi connectivity index (χ4n) is 2.19. The van der Waals surface area contributed by atoms with Gasteiger partial charge in [0.15, 0.2) is 5.78 Å². The van der Waals surface area contributed by atoms with Gasteiger partial charge in [-0.05, 0) is 18.6 Å². The second-order valence-electron chi connectivity index (χ2n) is 4.53. The fraction of sp³-hybridized carbons (Fsp3) is 0.462. The van der Waals surface area contributed by atoms with Crippen molar-refractivity contribution in [3.05, 3.63) is 29.8 Å². The Hall–Kier alpha value is -1.20. The molecule has 5 heteroatoms. The molecule has 0 radical (unpaired) electrons. The van der Waals surface area contributed by atoms with Crippen molar-refractivity contribution in [3.8, 4) is 0 Å². The Morgan fingerprint density at radius 1 is 1.22 bits per heavy atom. The molecule has 0 aliphatic carbocycles. The number of ketones is 1. The van der Waals surface area contributed by atoms with Crippen molar-refractivity contribution in [3.63, 3.8) is 0 Å². The van der Waals surface area contributed by atoms with Crippen LogP contribution in [0, 0.1) is 0 Å². The van der Waals surface area contributed by atoms with Crippen LogP contribution in [0.15, 0.2) is 29.2 Å². The summed E-state index contributed by atoms with van der Waals surface area (Å²) in [5.74, 6) is -0.114. The molecule has 0 amide bonds. The number of sulfonamides is 1. The van der Waals surface area contributed by atoms with E-state index in [2.05, 4.69) is 11.6 Å². The van der Waals surface area contributed by atoms with Crippen LogP contribution >= 0.6 is 0 Å². The lowest BCUT2D eigenvalue weighted by atomic mass is 9.99. The summed E-state index contributed by atoms with van der Waals surface area (Å²) in [5.41, 5.74) is 0.317. The van der Waals surface area contributed by atoms with Gasteiger partial charge in [-0.1, -0.05) is 38.3 Å². The van der Waals surface area contributed by atoms with Crippen LogP contribution in [0.5, 0.6) is 0 Å². The molecule has 0 spiro atoms. The summed E-state index contributed by atoms with van der Waals surface area (Å²) in [6, 6.07) is 5.78. The van der Waals surface area contributed by atoms with E-state index in [4.69, 9.17) is 0 Å². The van der Waals surface area contributed by atoms with Crippen molar-refractivity contribution in [2.45, 2.75) is 43.5 Å². The molecule has 1 aliphatic rings. The molecular formula is C13H17NO3S. The number of unbranched alkanes of at least 4 members (excludes halogenated alkanes) is 2. The lowest BCUT2D eigenvalue weighted by Crippen LogP contribution is -2.45. The molecule has 2 rings (SSSR count). The number of hydrogen-bond acceptors (Lipinski definition) is 3. The highest BCUT2D eigenvalue weighted by Crippen LogP contribution is 2.24. The molecule has 0 saturated carbocycles. The Morgan fingerprint density at radius 3 is 2.67 bits per heavy atom. The normalized spacial score (nSPS) is 21.6. The summed E-state index contributed by atoms with van der Waals surface area (Å²) in [6.45, 7) is 2.07. The summed E-state index contributed by atoms with van der Waals surface area (Å²) >= 11 is 0. The lowest BCUT2D eigenvalue weighted by Gasteiger charge is -2.24. The Labute approximate surface area is 107 Å². The van der Waals surface area contributed by atoms with Crippen LogP contribution in [-0.2, 0) is 10.0 Å². The SMILES string of the molecule is CCCCCC1NS(=O)(=O)c2ccccc2C1=O. The summed E-state index contributed by atoms with van der Waals surface area (Å²) in [6.07, 6.45) is 3.48. The number of fused-ring (bicyclic) bond motifs is 1. The van der Waals surface area contributed by atoms with E-state index in [1.807, 2.05) is 0 Å². The van der Waals surface area contributed by atoms with Gasteiger partial charge in [-0.25, -0.2) is 13.1 Å². The summed E-state index contributed by atoms with van der Waals surface area (Å²) in [4.78, 5) is 12.3. The van der Waals surface area contributed by atoms with Crippen LogP contribution < -0.4 is 4.72 Å². The molecule has 1 heterocycles. The second-order valence-corrected chi connectivity index (χ2v) is 6.21. The Morgan fingerprint density at radius 2 is 1.94 bits per heavy atom. The number of carbonyl (C=O) groups is 1. The number of carbonyl (C=O) groups excluding carboxylic acids is 1. The van der Waals surface area contributed by atoms with Crippen molar-refractivity contribution in [2.24, 2.45) is 0 Å². The maximum absolute atomic E-state index is 12.2. The molecule has 0 bridgehead atoms. The monoisotopic (exact) mass is 267 g/mol. The Kier molecular flexibility index (Phi) is 3.82. The third kappa shape index (κ3) is 2.47. The van der Waals surface area contributed by atoms with Crippen LogP contribution in [-0.4, -0.2) is 20.2 Å². The largest absolute Gasteiger partial charge is 0.292 e. The van der Waals surface area contributed by atoms with Gasteiger partial charge in [0.2, 0.25) is 10.0 Å². The zero-order valence-electron chi connectivity index (χ0n) is 10.3. The Bertz CT molecular complexity index is 551. The van der Waals surface area contributed by atoms with Crippen molar-refractivity contribution < 1.29 is 13.2 Å². The molecule has 0 saturated heterocycles. The fourth-order valence-corrected chi connectivity index (χ4v) is 3.63. The molecule has 1 aromatic carbocycles. The lowest BCUT2D eigenvalue weighted by molar-refractivity contribution is 0.0940. The van der Waals surface area contributed by atoms with Crippen LogP contribution in [0.25, 0.3) is 0 Å². The summed E-state index contributed by atoms with van der Waals surface area (Å²) in [5, 5.41) is 0. The maximum Gasteiger partial charge on any atom is 0.241 e. The van der Waals surface area contributed by atoms with Crippen LogP contribution in [0.1, 0.15) is 43.0 Å². The van der Waals surface area contributed by atoms with Crippen molar-refractivity contribution >= 4 is 15.8 Å². The molecule has 0 aromatic heterocycles. The average molecular weight is 267 g/mol. The van der Waals surface area contributed by atoms with E-state index in [1.165, 1.54) is 6.07 Å². The molecule has 1 atom stereocenters. The van der Waals surface area contributed by atoms with E-state index >= 15 is 0 Å². The van der Waals surface area contributed by atoms with Gasteiger partial charge in [0.05, 0.1) is 10.9 Å². The highest BCUT2D eigenvalue weighted by atomic mass is 32.2. The summed E-state index contributed by atoms with van der Waals surface area (Å²) in [7, 11) is -3.53. The van der Waals surface area contributed by atoms with Gasteiger partial charge in [-0.2, -0.15) is 0 Å². The van der Waals surface area contributed by atoms with Gasteiger partial charge >= 0.3 is 0 Å². The topological polar surface area (TPSA) is 63.2 Å². The van der Waals surface area contributed by atoms with E-state index in [-0.39, 0.29) is 10.7 Å². The molecule has 0 fully saturated rings. The first-order valence-electron chi connectivity index (χ1n) is 6.22. The first-order chi connectivity index (χ1) is 8.56. The number of rotatable bonds is 4. The third-order valence-corrected chi connectivity index (χ3v) is 4.68. The van der Waals surface area contributed by atoms with Gasteiger partial charge in [0.1, 0.15) is 0 Å². The first-order valence-corrected chi connectivity index (χ1v) is 7.70. The maximum atomic E-state index is 12.2. The van der Waals surface area contributed by atoms with Gasteiger partial charge in [0, 0.05) is 5.56 Å². The van der Waals surface area contributed by atoms with E-state index in [1.54, 1.807) is 18.2 Å². The molecule has 1 aliphatic heterocycles.